The van der Waals surface area contributed by atoms with Crippen LogP contribution >= 0.6 is 11.3 Å². The topological polar surface area (TPSA) is 102 Å². The summed E-state index contributed by atoms with van der Waals surface area (Å²) >= 11 is 1.47. The highest BCUT2D eigenvalue weighted by Crippen LogP contribution is 2.16. The normalized spacial score (nSPS) is 11.4. The first-order valence-corrected chi connectivity index (χ1v) is 8.47. The monoisotopic (exact) mass is 325 g/mol. The van der Waals surface area contributed by atoms with Crippen molar-refractivity contribution in [1.82, 2.24) is 10.3 Å². The van der Waals surface area contributed by atoms with Gasteiger partial charge in [-0.25, -0.2) is 18.5 Å². The molecule has 1 aromatic heterocycles. The minimum Gasteiger partial charge on any atom is -0.347 e. The van der Waals surface area contributed by atoms with Crippen LogP contribution < -0.4 is 10.5 Å². The predicted molar refractivity (Wildman–Crippen MR) is 80.6 cm³/mol. The predicted octanol–water partition coefficient (Wildman–Crippen LogP) is 1.34. The zero-order valence-electron chi connectivity index (χ0n) is 11.6. The molecule has 0 atom stereocenters. The number of nitrogens with two attached hydrogens (primary N) is 1. The van der Waals surface area contributed by atoms with Gasteiger partial charge in [0, 0.05) is 11.4 Å². The molecule has 3 N–H and O–H groups in total. The standard InChI is InChI=1S/C13H15N3O3S2/c1-8-12(16-9(2)20-8)13(17)15-7-10-3-5-11(6-4-10)21(14,18)19/h3-6H,7H2,1-2H3,(H,15,17)(H2,14,18,19). The molecule has 0 aliphatic rings. The Labute approximate surface area is 127 Å². The Morgan fingerprint density at radius 3 is 2.38 bits per heavy atom. The van der Waals surface area contributed by atoms with Gasteiger partial charge in [0.25, 0.3) is 5.91 Å². The molecule has 2 aromatic rings. The van der Waals surface area contributed by atoms with Gasteiger partial charge < -0.3 is 5.32 Å². The summed E-state index contributed by atoms with van der Waals surface area (Å²) in [6.07, 6.45) is 0. The maximum atomic E-state index is 12.0. The number of hydrogen-bond donors (Lipinski definition) is 2. The van der Waals surface area contributed by atoms with Crippen molar-refractivity contribution in [3.63, 3.8) is 0 Å². The molecule has 1 aromatic carbocycles. The van der Waals surface area contributed by atoms with E-state index >= 15 is 0 Å². The van der Waals surface area contributed by atoms with E-state index in [4.69, 9.17) is 5.14 Å². The van der Waals surface area contributed by atoms with Gasteiger partial charge in [-0.15, -0.1) is 11.3 Å². The number of thiazole rings is 1. The molecular weight excluding hydrogens is 310 g/mol. The lowest BCUT2D eigenvalue weighted by Gasteiger charge is -2.05. The van der Waals surface area contributed by atoms with Crippen LogP contribution in [-0.2, 0) is 16.6 Å². The molecule has 0 spiro atoms. The maximum absolute atomic E-state index is 12.0. The van der Waals surface area contributed by atoms with Gasteiger partial charge >= 0.3 is 0 Å². The number of sulfonamides is 1. The van der Waals surface area contributed by atoms with Crippen molar-refractivity contribution in [3.8, 4) is 0 Å². The molecule has 0 aliphatic carbocycles. The molecule has 0 bridgehead atoms. The van der Waals surface area contributed by atoms with Crippen molar-refractivity contribution in [2.45, 2.75) is 25.3 Å². The van der Waals surface area contributed by atoms with Crippen molar-refractivity contribution in [2.75, 3.05) is 0 Å². The lowest BCUT2D eigenvalue weighted by molar-refractivity contribution is 0.0946. The first-order chi connectivity index (χ1) is 9.77. The Morgan fingerprint density at radius 2 is 1.90 bits per heavy atom. The summed E-state index contributed by atoms with van der Waals surface area (Å²) in [4.78, 5) is 17.1. The van der Waals surface area contributed by atoms with E-state index in [0.717, 1.165) is 15.4 Å². The van der Waals surface area contributed by atoms with Crippen molar-refractivity contribution in [2.24, 2.45) is 5.14 Å². The zero-order chi connectivity index (χ0) is 15.6. The minimum absolute atomic E-state index is 0.0450. The van der Waals surface area contributed by atoms with Crippen LogP contribution in [0.2, 0.25) is 0 Å². The quantitative estimate of drug-likeness (QED) is 0.885. The second-order valence-electron chi connectivity index (χ2n) is 4.51. The van der Waals surface area contributed by atoms with Crippen LogP contribution in [0.25, 0.3) is 0 Å². The molecule has 112 valence electrons. The van der Waals surface area contributed by atoms with Crippen molar-refractivity contribution < 1.29 is 13.2 Å². The number of hydrogen-bond acceptors (Lipinski definition) is 5. The number of aryl methyl sites for hydroxylation is 2. The number of amides is 1. The highest BCUT2D eigenvalue weighted by atomic mass is 32.2. The summed E-state index contributed by atoms with van der Waals surface area (Å²) in [5.74, 6) is -0.243. The molecule has 0 aliphatic heterocycles. The Balaban J connectivity index is 2.03. The summed E-state index contributed by atoms with van der Waals surface area (Å²) in [6, 6.07) is 6.04. The third kappa shape index (κ3) is 3.87. The van der Waals surface area contributed by atoms with Crippen LogP contribution in [0, 0.1) is 13.8 Å². The fourth-order valence-electron chi connectivity index (χ4n) is 1.80. The highest BCUT2D eigenvalue weighted by Gasteiger charge is 2.13. The summed E-state index contributed by atoms with van der Waals surface area (Å²) in [5.41, 5.74) is 1.21. The fourth-order valence-corrected chi connectivity index (χ4v) is 3.13. The lowest BCUT2D eigenvalue weighted by Crippen LogP contribution is -2.23. The van der Waals surface area contributed by atoms with E-state index in [-0.39, 0.29) is 10.8 Å². The van der Waals surface area contributed by atoms with E-state index in [1.54, 1.807) is 12.1 Å². The smallest absolute Gasteiger partial charge is 0.271 e. The molecule has 2 rings (SSSR count). The van der Waals surface area contributed by atoms with Gasteiger partial charge in [-0.1, -0.05) is 12.1 Å². The summed E-state index contributed by atoms with van der Waals surface area (Å²) in [5, 5.41) is 8.61. The molecule has 1 amide bonds. The number of aromatic nitrogens is 1. The SMILES string of the molecule is Cc1nc(C(=O)NCc2ccc(S(N)(=O)=O)cc2)c(C)s1. The van der Waals surface area contributed by atoms with Gasteiger partial charge in [-0.3, -0.25) is 4.79 Å². The van der Waals surface area contributed by atoms with E-state index in [9.17, 15) is 13.2 Å². The third-order valence-corrected chi connectivity index (χ3v) is 4.64. The van der Waals surface area contributed by atoms with Crippen LogP contribution in [0.3, 0.4) is 0 Å². The number of rotatable bonds is 4. The Hall–Kier alpha value is -1.77. The molecule has 1 heterocycles. The summed E-state index contributed by atoms with van der Waals surface area (Å²) in [6.45, 7) is 3.99. The van der Waals surface area contributed by atoms with Crippen LogP contribution in [-0.4, -0.2) is 19.3 Å². The summed E-state index contributed by atoms with van der Waals surface area (Å²) < 4.78 is 22.3. The van der Waals surface area contributed by atoms with Crippen LogP contribution in [0.4, 0.5) is 0 Å². The summed E-state index contributed by atoms with van der Waals surface area (Å²) in [7, 11) is -3.69. The van der Waals surface area contributed by atoms with Crippen LogP contribution in [0.15, 0.2) is 29.2 Å². The van der Waals surface area contributed by atoms with Crippen molar-refractivity contribution >= 4 is 27.3 Å². The fraction of sp³-hybridized carbons (Fsp3) is 0.231. The van der Waals surface area contributed by atoms with Crippen molar-refractivity contribution in [1.29, 1.82) is 0 Å². The zero-order valence-corrected chi connectivity index (χ0v) is 13.2. The van der Waals surface area contributed by atoms with Crippen LogP contribution in [0.1, 0.15) is 25.9 Å². The van der Waals surface area contributed by atoms with Crippen LogP contribution in [0.5, 0.6) is 0 Å². The molecule has 0 saturated heterocycles. The van der Waals surface area contributed by atoms with Gasteiger partial charge in [-0.05, 0) is 31.5 Å². The lowest BCUT2D eigenvalue weighted by atomic mass is 10.2. The number of primary sulfonamides is 1. The molecule has 21 heavy (non-hydrogen) atoms. The molecule has 8 heteroatoms. The van der Waals surface area contributed by atoms with E-state index in [0.29, 0.717) is 12.2 Å². The van der Waals surface area contributed by atoms with Gasteiger partial charge in [0.15, 0.2) is 0 Å². The number of nitrogens with one attached hydrogen (secondary N) is 1. The second-order valence-corrected chi connectivity index (χ2v) is 7.48. The third-order valence-electron chi connectivity index (χ3n) is 2.82. The molecule has 6 nitrogen and oxygen atoms in total. The Bertz CT molecular complexity index is 764. The van der Waals surface area contributed by atoms with Gasteiger partial charge in [0.05, 0.1) is 9.90 Å². The minimum atomic E-state index is -3.69. The van der Waals surface area contributed by atoms with E-state index < -0.39 is 10.0 Å². The first-order valence-electron chi connectivity index (χ1n) is 6.11. The van der Waals surface area contributed by atoms with Crippen molar-refractivity contribution in [3.05, 3.63) is 45.4 Å². The average Bonchev–Trinajstić information content (AvgIpc) is 2.74. The molecule has 0 unspecified atom stereocenters. The first kappa shape index (κ1) is 15.6. The molecule has 0 saturated carbocycles. The largest absolute Gasteiger partial charge is 0.347 e. The highest BCUT2D eigenvalue weighted by molar-refractivity contribution is 7.89. The number of nitrogens with zero attached hydrogens (tertiary/aromatic N) is 1. The molecular formula is C13H15N3O3S2. The molecule has 0 fully saturated rings. The second kappa shape index (κ2) is 5.92. The maximum Gasteiger partial charge on any atom is 0.271 e. The van der Waals surface area contributed by atoms with E-state index in [1.165, 1.54) is 23.5 Å². The Kier molecular flexibility index (Phi) is 4.40. The van der Waals surface area contributed by atoms with Gasteiger partial charge in [0.1, 0.15) is 5.69 Å². The molecule has 0 radical (unpaired) electrons. The van der Waals surface area contributed by atoms with E-state index in [2.05, 4.69) is 10.3 Å². The average molecular weight is 325 g/mol. The van der Waals surface area contributed by atoms with Gasteiger partial charge in [-0.2, -0.15) is 0 Å². The number of benzene rings is 1. The number of carbonyl (C=O) groups excluding carboxylic acids is 1. The van der Waals surface area contributed by atoms with E-state index in [1.807, 2.05) is 13.8 Å². The van der Waals surface area contributed by atoms with Gasteiger partial charge in [0.2, 0.25) is 10.0 Å². The number of carbonyl (C=O) groups is 1. The Morgan fingerprint density at radius 1 is 1.29 bits per heavy atom.